The van der Waals surface area contributed by atoms with Gasteiger partial charge in [-0.1, -0.05) is 32.6 Å². The van der Waals surface area contributed by atoms with Crippen LogP contribution in [0.4, 0.5) is 0 Å². The van der Waals surface area contributed by atoms with Gasteiger partial charge in [-0.3, -0.25) is 4.79 Å². The molecule has 1 unspecified atom stereocenters. The fourth-order valence-electron chi connectivity index (χ4n) is 2.59. The number of hydrogen-bond acceptors (Lipinski definition) is 3. The van der Waals surface area contributed by atoms with Crippen molar-refractivity contribution in [3.8, 4) is 0 Å². The van der Waals surface area contributed by atoms with Gasteiger partial charge in [0.15, 0.2) is 0 Å². The summed E-state index contributed by atoms with van der Waals surface area (Å²) in [6.07, 6.45) is 10.0. The van der Waals surface area contributed by atoms with E-state index in [1.165, 1.54) is 39.2 Å². The van der Waals surface area contributed by atoms with Gasteiger partial charge in [0.05, 0.1) is 25.2 Å². The van der Waals surface area contributed by atoms with E-state index in [2.05, 4.69) is 13.8 Å². The van der Waals surface area contributed by atoms with Gasteiger partial charge in [0, 0.05) is 0 Å². The Kier molecular flexibility index (Phi) is 6.69. The van der Waals surface area contributed by atoms with E-state index in [0.29, 0.717) is 6.42 Å². The molecule has 0 spiro atoms. The van der Waals surface area contributed by atoms with E-state index in [0.717, 1.165) is 19.3 Å². The number of ether oxygens (including phenoxy) is 2. The van der Waals surface area contributed by atoms with Crippen LogP contribution in [0.2, 0.25) is 0 Å². The molecule has 0 aromatic rings. The molecule has 0 heterocycles. The van der Waals surface area contributed by atoms with Gasteiger partial charge in [-0.15, -0.1) is 0 Å². The standard InChI is InChI=1S/C15H28O3/c1-4-5-6-7-9-13(2)18-15(10-8-11-15)12-14(16)17-3/h13H,4-12H2,1-3H3. The fraction of sp³-hybridized carbons (Fsp3) is 0.933. The van der Waals surface area contributed by atoms with E-state index >= 15 is 0 Å². The summed E-state index contributed by atoms with van der Waals surface area (Å²) in [5.41, 5.74) is -0.211. The molecule has 3 heteroatoms. The van der Waals surface area contributed by atoms with Crippen molar-refractivity contribution in [1.82, 2.24) is 0 Å². The Morgan fingerprint density at radius 3 is 2.50 bits per heavy atom. The van der Waals surface area contributed by atoms with E-state index in [4.69, 9.17) is 9.47 Å². The van der Waals surface area contributed by atoms with E-state index < -0.39 is 0 Å². The summed E-state index contributed by atoms with van der Waals surface area (Å²) in [6, 6.07) is 0. The molecule has 0 aliphatic heterocycles. The summed E-state index contributed by atoms with van der Waals surface area (Å²) in [5, 5.41) is 0. The largest absolute Gasteiger partial charge is 0.469 e. The molecule has 106 valence electrons. The number of esters is 1. The Labute approximate surface area is 111 Å². The third kappa shape index (κ3) is 4.97. The molecule has 0 amide bonds. The quantitative estimate of drug-likeness (QED) is 0.464. The molecular weight excluding hydrogens is 228 g/mol. The minimum Gasteiger partial charge on any atom is -0.469 e. The van der Waals surface area contributed by atoms with Crippen LogP contribution < -0.4 is 0 Å². The summed E-state index contributed by atoms with van der Waals surface area (Å²) in [6.45, 7) is 4.35. The second-order valence-corrected chi connectivity index (χ2v) is 5.57. The van der Waals surface area contributed by atoms with Crippen LogP contribution in [-0.4, -0.2) is 24.8 Å². The highest BCUT2D eigenvalue weighted by molar-refractivity contribution is 5.70. The molecule has 0 N–H and O–H groups in total. The highest BCUT2D eigenvalue weighted by Gasteiger charge is 2.41. The summed E-state index contributed by atoms with van der Waals surface area (Å²) >= 11 is 0. The monoisotopic (exact) mass is 256 g/mol. The van der Waals surface area contributed by atoms with Gasteiger partial charge in [-0.25, -0.2) is 0 Å². The van der Waals surface area contributed by atoms with Crippen molar-refractivity contribution in [2.45, 2.75) is 83.3 Å². The molecule has 1 aliphatic carbocycles. The average molecular weight is 256 g/mol. The minimum absolute atomic E-state index is 0.145. The van der Waals surface area contributed by atoms with Crippen molar-refractivity contribution in [3.05, 3.63) is 0 Å². The molecule has 0 radical (unpaired) electrons. The van der Waals surface area contributed by atoms with Crippen LogP contribution in [-0.2, 0) is 14.3 Å². The number of carbonyl (C=O) groups excluding carboxylic acids is 1. The molecule has 1 rings (SSSR count). The van der Waals surface area contributed by atoms with Gasteiger partial charge in [-0.2, -0.15) is 0 Å². The second-order valence-electron chi connectivity index (χ2n) is 5.57. The molecule has 0 aromatic carbocycles. The van der Waals surface area contributed by atoms with Gasteiger partial charge < -0.3 is 9.47 Å². The molecule has 0 saturated heterocycles. The zero-order valence-corrected chi connectivity index (χ0v) is 12.2. The first-order chi connectivity index (χ1) is 8.62. The van der Waals surface area contributed by atoms with Crippen LogP contribution >= 0.6 is 0 Å². The SMILES string of the molecule is CCCCCCC(C)OC1(CC(=O)OC)CCC1. The molecule has 0 aromatic heterocycles. The van der Waals surface area contributed by atoms with Crippen LogP contribution in [0.1, 0.15) is 71.6 Å². The molecule has 1 atom stereocenters. The maximum Gasteiger partial charge on any atom is 0.308 e. The lowest BCUT2D eigenvalue weighted by Gasteiger charge is -2.42. The normalized spacial score (nSPS) is 19.1. The van der Waals surface area contributed by atoms with Crippen molar-refractivity contribution in [1.29, 1.82) is 0 Å². The summed E-state index contributed by atoms with van der Waals surface area (Å²) < 4.78 is 10.9. The second kappa shape index (κ2) is 7.78. The van der Waals surface area contributed by atoms with Gasteiger partial charge in [0.2, 0.25) is 0 Å². The lowest BCUT2D eigenvalue weighted by molar-refractivity contribution is -0.167. The van der Waals surface area contributed by atoms with E-state index in [1.807, 2.05) is 0 Å². The zero-order chi connectivity index (χ0) is 13.4. The summed E-state index contributed by atoms with van der Waals surface area (Å²) in [5.74, 6) is -0.145. The van der Waals surface area contributed by atoms with Crippen LogP contribution in [0.3, 0.4) is 0 Å². The highest BCUT2D eigenvalue weighted by Crippen LogP contribution is 2.40. The van der Waals surface area contributed by atoms with Crippen molar-refractivity contribution in [3.63, 3.8) is 0 Å². The van der Waals surface area contributed by atoms with Crippen molar-refractivity contribution < 1.29 is 14.3 Å². The first kappa shape index (κ1) is 15.5. The average Bonchev–Trinajstić information content (AvgIpc) is 2.31. The number of methoxy groups -OCH3 is 1. The first-order valence-electron chi connectivity index (χ1n) is 7.36. The van der Waals surface area contributed by atoms with Gasteiger partial charge in [-0.05, 0) is 32.6 Å². The molecule has 1 aliphatic rings. The van der Waals surface area contributed by atoms with Crippen LogP contribution in [0.25, 0.3) is 0 Å². The Morgan fingerprint density at radius 2 is 2.00 bits per heavy atom. The van der Waals surface area contributed by atoms with E-state index in [-0.39, 0.29) is 17.7 Å². The third-order valence-corrected chi connectivity index (χ3v) is 3.87. The van der Waals surface area contributed by atoms with Gasteiger partial charge in [0.1, 0.15) is 0 Å². The molecule has 1 saturated carbocycles. The first-order valence-corrected chi connectivity index (χ1v) is 7.36. The Hall–Kier alpha value is -0.570. The number of carbonyl (C=O) groups is 1. The topological polar surface area (TPSA) is 35.5 Å². The fourth-order valence-corrected chi connectivity index (χ4v) is 2.59. The molecule has 0 bridgehead atoms. The van der Waals surface area contributed by atoms with Crippen LogP contribution in [0.15, 0.2) is 0 Å². The smallest absolute Gasteiger partial charge is 0.308 e. The lowest BCUT2D eigenvalue weighted by atomic mass is 9.77. The zero-order valence-electron chi connectivity index (χ0n) is 12.2. The van der Waals surface area contributed by atoms with Gasteiger partial charge >= 0.3 is 5.97 Å². The van der Waals surface area contributed by atoms with E-state index in [1.54, 1.807) is 0 Å². The summed E-state index contributed by atoms with van der Waals surface area (Å²) in [4.78, 5) is 11.4. The molecule has 3 nitrogen and oxygen atoms in total. The third-order valence-electron chi connectivity index (χ3n) is 3.87. The molecule has 18 heavy (non-hydrogen) atoms. The van der Waals surface area contributed by atoms with Gasteiger partial charge in [0.25, 0.3) is 0 Å². The number of unbranched alkanes of at least 4 members (excludes halogenated alkanes) is 3. The maximum atomic E-state index is 11.4. The predicted molar refractivity (Wildman–Crippen MR) is 72.5 cm³/mol. The Balaban J connectivity index is 2.26. The van der Waals surface area contributed by atoms with Crippen molar-refractivity contribution in [2.75, 3.05) is 7.11 Å². The summed E-state index contributed by atoms with van der Waals surface area (Å²) in [7, 11) is 1.45. The van der Waals surface area contributed by atoms with E-state index in [9.17, 15) is 4.79 Å². The minimum atomic E-state index is -0.211. The highest BCUT2D eigenvalue weighted by atomic mass is 16.5. The molecular formula is C15H28O3. The number of hydrogen-bond donors (Lipinski definition) is 0. The Bertz CT molecular complexity index is 246. The number of rotatable bonds is 9. The lowest BCUT2D eigenvalue weighted by Crippen LogP contribution is -2.44. The van der Waals surface area contributed by atoms with Crippen LogP contribution in [0.5, 0.6) is 0 Å². The predicted octanol–water partition coefficient (Wildman–Crippen LogP) is 3.85. The Morgan fingerprint density at radius 1 is 1.28 bits per heavy atom. The maximum absolute atomic E-state index is 11.4. The van der Waals surface area contributed by atoms with Crippen molar-refractivity contribution >= 4 is 5.97 Å². The molecule has 1 fully saturated rings. The van der Waals surface area contributed by atoms with Crippen LogP contribution in [0, 0.1) is 0 Å². The van der Waals surface area contributed by atoms with Crippen molar-refractivity contribution in [2.24, 2.45) is 0 Å².